The van der Waals surface area contributed by atoms with Crippen LogP contribution in [0.1, 0.15) is 18.1 Å². The van der Waals surface area contributed by atoms with Crippen molar-refractivity contribution in [2.75, 3.05) is 0 Å². The van der Waals surface area contributed by atoms with Crippen LogP contribution in [0.15, 0.2) is 57.5 Å². The van der Waals surface area contributed by atoms with Crippen molar-refractivity contribution in [3.8, 4) is 0 Å². The molecule has 3 heteroatoms. The minimum Gasteiger partial charge on any atom is -0.381 e. The van der Waals surface area contributed by atoms with Crippen molar-refractivity contribution < 1.29 is 5.11 Å². The summed E-state index contributed by atoms with van der Waals surface area (Å²) in [5.74, 6) is 0. The monoisotopic (exact) mass is 354 g/mol. The minimum absolute atomic E-state index is 0.878. The maximum atomic E-state index is 10.6. The third kappa shape index (κ3) is 2.79. The van der Waals surface area contributed by atoms with Crippen molar-refractivity contribution in [1.82, 2.24) is 0 Å². The van der Waals surface area contributed by atoms with Gasteiger partial charge in [0.1, 0.15) is 5.60 Å². The maximum Gasteiger partial charge on any atom is 0.112 e. The van der Waals surface area contributed by atoms with Crippen LogP contribution in [0.4, 0.5) is 0 Å². The van der Waals surface area contributed by atoms with Crippen LogP contribution in [-0.2, 0) is 5.60 Å². The van der Waals surface area contributed by atoms with E-state index in [4.69, 9.17) is 0 Å². The van der Waals surface area contributed by atoms with Crippen LogP contribution in [0.2, 0.25) is 0 Å². The zero-order valence-electron chi connectivity index (χ0n) is 9.32. The highest BCUT2D eigenvalue weighted by molar-refractivity contribution is 9.10. The zero-order chi connectivity index (χ0) is 12.5. The van der Waals surface area contributed by atoms with Gasteiger partial charge in [-0.15, -0.1) is 0 Å². The normalized spacial score (nSPS) is 11.5. The number of hydrogen-bond acceptors (Lipinski definition) is 1. The first kappa shape index (κ1) is 12.8. The molecular formula is C14H12Br2O. The quantitative estimate of drug-likeness (QED) is 0.842. The summed E-state index contributed by atoms with van der Waals surface area (Å²) >= 11 is 6.78. The molecule has 17 heavy (non-hydrogen) atoms. The molecule has 0 bridgehead atoms. The summed E-state index contributed by atoms with van der Waals surface area (Å²) in [6, 6.07) is 15.4. The number of halogens is 2. The lowest BCUT2D eigenvalue weighted by Crippen LogP contribution is -2.22. The third-order valence-corrected chi connectivity index (χ3v) is 3.87. The molecule has 0 saturated heterocycles. The van der Waals surface area contributed by atoms with E-state index < -0.39 is 5.60 Å². The van der Waals surface area contributed by atoms with Crippen molar-refractivity contribution in [1.29, 1.82) is 0 Å². The summed E-state index contributed by atoms with van der Waals surface area (Å²) in [5.41, 5.74) is 0.785. The van der Waals surface area contributed by atoms with E-state index in [1.54, 1.807) is 6.92 Å². The van der Waals surface area contributed by atoms with Crippen LogP contribution in [0.25, 0.3) is 0 Å². The Morgan fingerprint density at radius 3 is 1.35 bits per heavy atom. The molecule has 0 unspecified atom stereocenters. The Hall–Kier alpha value is -0.640. The van der Waals surface area contributed by atoms with Crippen molar-refractivity contribution in [3.05, 3.63) is 68.6 Å². The standard InChI is InChI=1S/C14H12Br2O/c1-14(17,10-2-6-12(15)7-3-10)11-4-8-13(16)9-5-11/h2-9,17H,1H3. The average molecular weight is 356 g/mol. The van der Waals surface area contributed by atoms with Crippen molar-refractivity contribution in [2.45, 2.75) is 12.5 Å². The first-order valence-electron chi connectivity index (χ1n) is 5.24. The van der Waals surface area contributed by atoms with Gasteiger partial charge >= 0.3 is 0 Å². The molecule has 0 fully saturated rings. The summed E-state index contributed by atoms with van der Waals surface area (Å²) in [6.07, 6.45) is 0. The summed E-state index contributed by atoms with van der Waals surface area (Å²) in [4.78, 5) is 0. The van der Waals surface area contributed by atoms with E-state index in [0.29, 0.717) is 0 Å². The fraction of sp³-hybridized carbons (Fsp3) is 0.143. The topological polar surface area (TPSA) is 20.2 Å². The van der Waals surface area contributed by atoms with Gasteiger partial charge in [0.15, 0.2) is 0 Å². The fourth-order valence-corrected chi connectivity index (χ4v) is 2.24. The van der Waals surface area contributed by atoms with Gasteiger partial charge < -0.3 is 5.11 Å². The van der Waals surface area contributed by atoms with Gasteiger partial charge in [0.05, 0.1) is 0 Å². The minimum atomic E-state index is -0.971. The molecule has 0 aliphatic heterocycles. The van der Waals surface area contributed by atoms with Crippen LogP contribution < -0.4 is 0 Å². The number of aliphatic hydroxyl groups is 1. The summed E-state index contributed by atoms with van der Waals surface area (Å²) in [6.45, 7) is 1.81. The lowest BCUT2D eigenvalue weighted by molar-refractivity contribution is 0.102. The molecule has 2 aromatic rings. The first-order chi connectivity index (χ1) is 8.00. The summed E-state index contributed by atoms with van der Waals surface area (Å²) in [5, 5.41) is 10.6. The van der Waals surface area contributed by atoms with Crippen LogP contribution in [-0.4, -0.2) is 5.11 Å². The highest BCUT2D eigenvalue weighted by Gasteiger charge is 2.25. The number of benzene rings is 2. The fourth-order valence-electron chi connectivity index (χ4n) is 1.72. The molecule has 0 amide bonds. The van der Waals surface area contributed by atoms with Gasteiger partial charge in [-0.05, 0) is 42.3 Å². The molecule has 88 valence electrons. The van der Waals surface area contributed by atoms with Gasteiger partial charge in [-0.3, -0.25) is 0 Å². The van der Waals surface area contributed by atoms with Gasteiger partial charge in [0.2, 0.25) is 0 Å². The average Bonchev–Trinajstić information content (AvgIpc) is 2.30. The molecule has 0 heterocycles. The SMILES string of the molecule is CC(O)(c1ccc(Br)cc1)c1ccc(Br)cc1. The van der Waals surface area contributed by atoms with Gasteiger partial charge in [-0.1, -0.05) is 56.1 Å². The van der Waals surface area contributed by atoms with E-state index in [0.717, 1.165) is 20.1 Å². The van der Waals surface area contributed by atoms with Crippen LogP contribution >= 0.6 is 31.9 Å². The van der Waals surface area contributed by atoms with E-state index in [-0.39, 0.29) is 0 Å². The predicted octanol–water partition coefficient (Wildman–Crippen LogP) is 4.47. The van der Waals surface area contributed by atoms with Gasteiger partial charge in [0.25, 0.3) is 0 Å². The Bertz CT molecular complexity index is 453. The lowest BCUT2D eigenvalue weighted by Gasteiger charge is -2.24. The van der Waals surface area contributed by atoms with Crippen LogP contribution in [0.3, 0.4) is 0 Å². The Balaban J connectivity index is 2.41. The molecule has 1 N–H and O–H groups in total. The predicted molar refractivity (Wildman–Crippen MR) is 77.0 cm³/mol. The molecule has 1 nitrogen and oxygen atoms in total. The molecule has 0 aliphatic rings. The number of hydrogen-bond donors (Lipinski definition) is 1. The van der Waals surface area contributed by atoms with Crippen molar-refractivity contribution in [2.24, 2.45) is 0 Å². The second-order valence-electron chi connectivity index (χ2n) is 4.09. The number of rotatable bonds is 2. The van der Waals surface area contributed by atoms with Crippen molar-refractivity contribution >= 4 is 31.9 Å². The molecule has 0 aromatic heterocycles. The largest absolute Gasteiger partial charge is 0.381 e. The molecule has 0 aliphatic carbocycles. The first-order valence-corrected chi connectivity index (χ1v) is 6.83. The Labute approximate surface area is 118 Å². The van der Waals surface area contributed by atoms with E-state index in [9.17, 15) is 5.11 Å². The van der Waals surface area contributed by atoms with E-state index in [1.165, 1.54) is 0 Å². The highest BCUT2D eigenvalue weighted by Crippen LogP contribution is 2.30. The Morgan fingerprint density at radius 1 is 0.765 bits per heavy atom. The summed E-state index contributed by atoms with van der Waals surface area (Å²) in [7, 11) is 0. The second-order valence-corrected chi connectivity index (χ2v) is 5.92. The molecule has 0 spiro atoms. The van der Waals surface area contributed by atoms with E-state index in [1.807, 2.05) is 48.5 Å². The lowest BCUT2D eigenvalue weighted by atomic mass is 9.88. The van der Waals surface area contributed by atoms with Gasteiger partial charge in [0, 0.05) is 8.95 Å². The molecule has 0 atom stereocenters. The second kappa shape index (κ2) is 4.92. The zero-order valence-corrected chi connectivity index (χ0v) is 12.5. The maximum absolute atomic E-state index is 10.6. The van der Waals surface area contributed by atoms with Crippen LogP contribution in [0.5, 0.6) is 0 Å². The third-order valence-electron chi connectivity index (χ3n) is 2.81. The van der Waals surface area contributed by atoms with Gasteiger partial charge in [-0.25, -0.2) is 0 Å². The van der Waals surface area contributed by atoms with Crippen molar-refractivity contribution in [3.63, 3.8) is 0 Å². The van der Waals surface area contributed by atoms with Gasteiger partial charge in [-0.2, -0.15) is 0 Å². The Morgan fingerprint density at radius 2 is 1.06 bits per heavy atom. The molecule has 2 rings (SSSR count). The van der Waals surface area contributed by atoms with E-state index in [2.05, 4.69) is 31.9 Å². The molecular weight excluding hydrogens is 344 g/mol. The summed E-state index contributed by atoms with van der Waals surface area (Å²) < 4.78 is 2.01. The highest BCUT2D eigenvalue weighted by atomic mass is 79.9. The van der Waals surface area contributed by atoms with E-state index >= 15 is 0 Å². The molecule has 2 aromatic carbocycles. The molecule has 0 radical (unpaired) electrons. The molecule has 0 saturated carbocycles. The smallest absolute Gasteiger partial charge is 0.112 e. The van der Waals surface area contributed by atoms with Crippen LogP contribution in [0, 0.1) is 0 Å². The Kier molecular flexibility index (Phi) is 3.71.